The molecule has 3 rings (SSSR count). The van der Waals surface area contributed by atoms with Gasteiger partial charge in [0.15, 0.2) is 0 Å². The summed E-state index contributed by atoms with van der Waals surface area (Å²) in [5.74, 6) is 0.357. The Labute approximate surface area is 189 Å². The van der Waals surface area contributed by atoms with Crippen LogP contribution < -0.4 is 10.1 Å². The van der Waals surface area contributed by atoms with Crippen LogP contribution in [0.3, 0.4) is 0 Å². The van der Waals surface area contributed by atoms with Gasteiger partial charge in [-0.3, -0.25) is 4.79 Å². The van der Waals surface area contributed by atoms with Gasteiger partial charge in [-0.25, -0.2) is 4.79 Å². The van der Waals surface area contributed by atoms with Crippen LogP contribution in [0.15, 0.2) is 52.6 Å². The van der Waals surface area contributed by atoms with Gasteiger partial charge in [-0.15, -0.1) is 0 Å². The summed E-state index contributed by atoms with van der Waals surface area (Å²) in [7, 11) is 0. The maximum atomic E-state index is 12.2. The highest BCUT2D eigenvalue weighted by Crippen LogP contribution is 2.32. The summed E-state index contributed by atoms with van der Waals surface area (Å²) in [6.45, 7) is 0. The molecule has 0 atom stereocenters. The van der Waals surface area contributed by atoms with Gasteiger partial charge in [0.25, 0.3) is 0 Å². The lowest BCUT2D eigenvalue weighted by atomic mass is 10.0. The first kappa shape index (κ1) is 22.4. The number of carboxylic acids is 1. The Morgan fingerprint density at radius 3 is 2.50 bits per heavy atom. The Hall–Kier alpha value is -2.31. The van der Waals surface area contributed by atoms with Crippen molar-refractivity contribution in [1.82, 2.24) is 5.32 Å². The Kier molecular flexibility index (Phi) is 7.94. The Balaban J connectivity index is 1.62. The maximum Gasteiger partial charge on any atom is 0.352 e. The van der Waals surface area contributed by atoms with Crippen molar-refractivity contribution < 1.29 is 19.4 Å². The molecule has 158 valence electrons. The standard InChI is InChI=1S/C23H23BrClNO4/c24-19-14-17(25)8-11-21(19)30-18-9-5-16(6-10-18)13-20(23(28)29)26-22(27)12-7-15-3-1-2-4-15/h5-6,8-11,13-15H,1-4,7,12H2,(H,26,27)(H,28,29)/b20-13-. The van der Waals surface area contributed by atoms with Crippen LogP contribution >= 0.6 is 27.5 Å². The highest BCUT2D eigenvalue weighted by Gasteiger charge is 2.17. The van der Waals surface area contributed by atoms with Crippen LogP contribution in [0.25, 0.3) is 6.08 Å². The minimum absolute atomic E-state index is 0.138. The zero-order valence-corrected chi connectivity index (χ0v) is 18.7. The molecule has 0 unspecified atom stereocenters. The van der Waals surface area contributed by atoms with Crippen molar-refractivity contribution in [3.05, 3.63) is 63.2 Å². The molecule has 1 saturated carbocycles. The third-order valence-electron chi connectivity index (χ3n) is 5.07. The summed E-state index contributed by atoms with van der Waals surface area (Å²) in [4.78, 5) is 23.7. The number of halogens is 2. The SMILES string of the molecule is O=C(CCC1CCCC1)N/C(=C\c1ccc(Oc2ccc(Cl)cc2Br)cc1)C(=O)O. The number of hydrogen-bond acceptors (Lipinski definition) is 3. The van der Waals surface area contributed by atoms with Gasteiger partial charge in [0.05, 0.1) is 4.47 Å². The van der Waals surface area contributed by atoms with E-state index in [4.69, 9.17) is 16.3 Å². The summed E-state index contributed by atoms with van der Waals surface area (Å²) >= 11 is 9.33. The molecule has 2 N–H and O–H groups in total. The molecule has 1 aliphatic carbocycles. The normalized spacial score (nSPS) is 14.5. The van der Waals surface area contributed by atoms with Gasteiger partial charge in [-0.2, -0.15) is 0 Å². The molecule has 1 amide bonds. The predicted molar refractivity (Wildman–Crippen MR) is 121 cm³/mol. The van der Waals surface area contributed by atoms with Gasteiger partial charge in [-0.1, -0.05) is 49.4 Å². The number of nitrogens with one attached hydrogen (secondary N) is 1. The van der Waals surface area contributed by atoms with Crippen molar-refractivity contribution >= 4 is 45.5 Å². The number of ether oxygens (including phenoxy) is 1. The Morgan fingerprint density at radius 2 is 1.87 bits per heavy atom. The van der Waals surface area contributed by atoms with Crippen molar-refractivity contribution in [2.24, 2.45) is 5.92 Å². The van der Waals surface area contributed by atoms with E-state index in [0.717, 1.165) is 23.7 Å². The molecule has 5 nitrogen and oxygen atoms in total. The zero-order chi connectivity index (χ0) is 21.5. The van der Waals surface area contributed by atoms with Gasteiger partial charge in [0.2, 0.25) is 5.91 Å². The fraction of sp³-hybridized carbons (Fsp3) is 0.304. The molecule has 0 heterocycles. The Bertz CT molecular complexity index is 937. The van der Waals surface area contributed by atoms with Gasteiger partial charge in [-0.05, 0) is 70.2 Å². The number of hydrogen-bond donors (Lipinski definition) is 2. The molecule has 1 fully saturated rings. The van der Waals surface area contributed by atoms with Crippen LogP contribution in [-0.2, 0) is 9.59 Å². The average molecular weight is 493 g/mol. The van der Waals surface area contributed by atoms with Crippen molar-refractivity contribution in [3.8, 4) is 11.5 Å². The highest BCUT2D eigenvalue weighted by molar-refractivity contribution is 9.10. The molecule has 2 aromatic rings. The molecule has 0 radical (unpaired) electrons. The van der Waals surface area contributed by atoms with E-state index >= 15 is 0 Å². The quantitative estimate of drug-likeness (QED) is 0.418. The second kappa shape index (κ2) is 10.6. The van der Waals surface area contributed by atoms with Gasteiger partial charge < -0.3 is 15.2 Å². The molecule has 2 aromatic carbocycles. The van der Waals surface area contributed by atoms with E-state index < -0.39 is 5.97 Å². The van der Waals surface area contributed by atoms with Crippen LogP contribution in [0.5, 0.6) is 11.5 Å². The highest BCUT2D eigenvalue weighted by atomic mass is 79.9. The summed E-state index contributed by atoms with van der Waals surface area (Å²) in [5.41, 5.74) is 0.506. The third-order valence-corrected chi connectivity index (χ3v) is 5.93. The smallest absolute Gasteiger partial charge is 0.352 e. The first-order chi connectivity index (χ1) is 14.4. The van der Waals surface area contributed by atoms with Crippen molar-refractivity contribution in [2.45, 2.75) is 38.5 Å². The number of carbonyl (C=O) groups excluding carboxylic acids is 1. The lowest BCUT2D eigenvalue weighted by molar-refractivity contribution is -0.134. The molecular weight excluding hydrogens is 470 g/mol. The van der Waals surface area contributed by atoms with E-state index in [0.29, 0.717) is 34.4 Å². The molecule has 0 aromatic heterocycles. The topological polar surface area (TPSA) is 75.6 Å². The Morgan fingerprint density at radius 1 is 1.17 bits per heavy atom. The van der Waals surface area contributed by atoms with Crippen LogP contribution in [-0.4, -0.2) is 17.0 Å². The van der Waals surface area contributed by atoms with Gasteiger partial charge in [0.1, 0.15) is 17.2 Å². The number of carboxylic acid groups (broad SMARTS) is 1. The largest absolute Gasteiger partial charge is 0.477 e. The average Bonchev–Trinajstić information content (AvgIpc) is 3.23. The second-order valence-electron chi connectivity index (χ2n) is 7.35. The van der Waals surface area contributed by atoms with Crippen LogP contribution in [0.4, 0.5) is 0 Å². The number of aliphatic carboxylic acids is 1. The number of rotatable bonds is 8. The van der Waals surface area contributed by atoms with E-state index in [-0.39, 0.29) is 11.6 Å². The molecule has 0 spiro atoms. The number of benzene rings is 2. The fourth-order valence-electron chi connectivity index (χ4n) is 3.48. The van der Waals surface area contributed by atoms with Crippen molar-refractivity contribution in [2.75, 3.05) is 0 Å². The molecule has 1 aliphatic rings. The van der Waals surface area contributed by atoms with E-state index in [1.165, 1.54) is 18.9 Å². The first-order valence-electron chi connectivity index (χ1n) is 9.88. The van der Waals surface area contributed by atoms with Crippen LogP contribution in [0.1, 0.15) is 44.1 Å². The van der Waals surface area contributed by atoms with E-state index in [1.54, 1.807) is 42.5 Å². The van der Waals surface area contributed by atoms with Crippen LogP contribution in [0.2, 0.25) is 5.02 Å². The van der Waals surface area contributed by atoms with Crippen molar-refractivity contribution in [3.63, 3.8) is 0 Å². The lowest BCUT2D eigenvalue weighted by Crippen LogP contribution is -2.27. The monoisotopic (exact) mass is 491 g/mol. The van der Waals surface area contributed by atoms with Gasteiger partial charge in [0, 0.05) is 11.4 Å². The summed E-state index contributed by atoms with van der Waals surface area (Å²) < 4.78 is 6.53. The summed E-state index contributed by atoms with van der Waals surface area (Å²) in [6, 6.07) is 12.1. The number of amides is 1. The summed E-state index contributed by atoms with van der Waals surface area (Å²) in [5, 5.41) is 12.6. The van der Waals surface area contributed by atoms with Crippen molar-refractivity contribution in [1.29, 1.82) is 0 Å². The molecule has 0 aliphatic heterocycles. The third kappa shape index (κ3) is 6.61. The summed E-state index contributed by atoms with van der Waals surface area (Å²) in [6.07, 6.45) is 7.37. The fourth-order valence-corrected chi connectivity index (χ4v) is 4.25. The lowest BCUT2D eigenvalue weighted by Gasteiger charge is -2.10. The molecule has 7 heteroatoms. The maximum absolute atomic E-state index is 12.2. The predicted octanol–water partition coefficient (Wildman–Crippen LogP) is 6.41. The van der Waals surface area contributed by atoms with Gasteiger partial charge >= 0.3 is 5.97 Å². The van der Waals surface area contributed by atoms with E-state index in [1.807, 2.05) is 0 Å². The molecular formula is C23H23BrClNO4. The molecule has 0 bridgehead atoms. The molecule has 30 heavy (non-hydrogen) atoms. The van der Waals surface area contributed by atoms with Crippen LogP contribution in [0, 0.1) is 5.92 Å². The second-order valence-corrected chi connectivity index (χ2v) is 8.64. The minimum atomic E-state index is -1.17. The van der Waals surface area contributed by atoms with E-state index in [9.17, 15) is 14.7 Å². The zero-order valence-electron chi connectivity index (χ0n) is 16.4. The number of carbonyl (C=O) groups is 2. The van der Waals surface area contributed by atoms with E-state index in [2.05, 4.69) is 21.2 Å². The minimum Gasteiger partial charge on any atom is -0.477 e. The first-order valence-corrected chi connectivity index (χ1v) is 11.1. The molecule has 0 saturated heterocycles.